The zero-order valence-electron chi connectivity index (χ0n) is 18.6. The molecule has 6 nitrogen and oxygen atoms in total. The minimum absolute atomic E-state index is 0.180. The lowest BCUT2D eigenvalue weighted by molar-refractivity contribution is -0.154. The van der Waals surface area contributed by atoms with Gasteiger partial charge in [0.25, 0.3) is 5.91 Å². The van der Waals surface area contributed by atoms with Gasteiger partial charge in [-0.05, 0) is 38.0 Å². The monoisotopic (exact) mass is 462 g/mol. The highest BCUT2D eigenvalue weighted by atomic mass is 35.5. The van der Waals surface area contributed by atoms with Crippen molar-refractivity contribution in [1.82, 2.24) is 4.90 Å². The largest absolute Gasteiger partial charge is 0.480 e. The van der Waals surface area contributed by atoms with Gasteiger partial charge in [-0.3, -0.25) is 4.79 Å². The topological polar surface area (TPSA) is 70.1 Å². The van der Waals surface area contributed by atoms with Gasteiger partial charge in [0, 0.05) is 47.5 Å². The molecule has 0 saturated heterocycles. The van der Waals surface area contributed by atoms with Gasteiger partial charge in [-0.25, -0.2) is 9.18 Å². The van der Waals surface area contributed by atoms with Crippen LogP contribution in [0.2, 0.25) is 5.02 Å². The van der Waals surface area contributed by atoms with Crippen LogP contribution in [-0.2, 0) is 16.1 Å². The predicted molar refractivity (Wildman–Crippen MR) is 122 cm³/mol. The molecule has 1 aliphatic heterocycles. The number of carboxylic acids is 1. The van der Waals surface area contributed by atoms with Crippen LogP contribution in [0.5, 0.6) is 5.75 Å². The number of hydrogen-bond acceptors (Lipinski definition) is 4. The SMILES string of the molecule is CCN(CC)c1ccc2c(c1)OC(C(C)C)C(=O)N(Cc1ccc(Cl)cc1F)C2C(=O)O. The van der Waals surface area contributed by atoms with Crippen molar-refractivity contribution in [2.45, 2.75) is 46.4 Å². The third-order valence-corrected chi connectivity index (χ3v) is 5.94. The van der Waals surface area contributed by atoms with E-state index in [1.54, 1.807) is 12.1 Å². The van der Waals surface area contributed by atoms with Crippen LogP contribution >= 0.6 is 11.6 Å². The summed E-state index contributed by atoms with van der Waals surface area (Å²) in [6, 6.07) is 8.10. The summed E-state index contributed by atoms with van der Waals surface area (Å²) in [5.41, 5.74) is 1.42. The van der Waals surface area contributed by atoms with E-state index in [9.17, 15) is 19.1 Å². The number of amides is 1. The van der Waals surface area contributed by atoms with Gasteiger partial charge in [0.1, 0.15) is 11.6 Å². The Morgan fingerprint density at radius 1 is 1.22 bits per heavy atom. The molecule has 0 aromatic heterocycles. The molecular weight excluding hydrogens is 435 g/mol. The number of carbonyl (C=O) groups is 2. The quantitative estimate of drug-likeness (QED) is 0.634. The third-order valence-electron chi connectivity index (χ3n) is 5.71. The zero-order chi connectivity index (χ0) is 23.6. The predicted octanol–water partition coefficient (Wildman–Crippen LogP) is 4.90. The molecule has 0 radical (unpaired) electrons. The standard InChI is InChI=1S/C24H28ClFN2O4/c1-5-27(6-2)17-9-10-18-20(12-17)32-22(14(3)4)23(29)28(21(18)24(30)31)13-15-7-8-16(25)11-19(15)26/h7-12,14,21-22H,5-6,13H2,1-4H3,(H,30,31). The molecular formula is C24H28ClFN2O4. The van der Waals surface area contributed by atoms with Crippen LogP contribution in [0.3, 0.4) is 0 Å². The van der Waals surface area contributed by atoms with Crippen molar-refractivity contribution >= 4 is 29.2 Å². The maximum Gasteiger partial charge on any atom is 0.331 e. The summed E-state index contributed by atoms with van der Waals surface area (Å²) in [6.45, 7) is 9.04. The average Bonchev–Trinajstić information content (AvgIpc) is 2.85. The van der Waals surface area contributed by atoms with E-state index >= 15 is 0 Å². The summed E-state index contributed by atoms with van der Waals surface area (Å²) in [4.78, 5) is 29.1. The second kappa shape index (κ2) is 9.77. The Labute approximate surface area is 192 Å². The molecule has 8 heteroatoms. The first-order valence-corrected chi connectivity index (χ1v) is 11.1. The van der Waals surface area contributed by atoms with Gasteiger partial charge in [0.15, 0.2) is 12.1 Å². The van der Waals surface area contributed by atoms with Crippen LogP contribution < -0.4 is 9.64 Å². The summed E-state index contributed by atoms with van der Waals surface area (Å²) in [5.74, 6) is -2.18. The van der Waals surface area contributed by atoms with Crippen LogP contribution in [0.4, 0.5) is 10.1 Å². The Balaban J connectivity index is 2.14. The number of benzene rings is 2. The highest BCUT2D eigenvalue weighted by Crippen LogP contribution is 2.39. The molecule has 0 saturated carbocycles. The van der Waals surface area contributed by atoms with Gasteiger partial charge in [-0.2, -0.15) is 0 Å². The molecule has 1 aliphatic rings. The Kier molecular flexibility index (Phi) is 7.29. The number of nitrogens with zero attached hydrogens (tertiary/aromatic N) is 2. The fraction of sp³-hybridized carbons (Fsp3) is 0.417. The molecule has 1 N–H and O–H groups in total. The van der Waals surface area contributed by atoms with Crippen molar-refractivity contribution in [3.8, 4) is 5.75 Å². The van der Waals surface area contributed by atoms with Gasteiger partial charge in [0.2, 0.25) is 0 Å². The zero-order valence-corrected chi connectivity index (χ0v) is 19.4. The van der Waals surface area contributed by atoms with E-state index in [1.165, 1.54) is 17.0 Å². The molecule has 1 amide bonds. The van der Waals surface area contributed by atoms with E-state index in [0.29, 0.717) is 11.3 Å². The number of anilines is 1. The average molecular weight is 463 g/mol. The molecule has 2 aromatic rings. The van der Waals surface area contributed by atoms with E-state index < -0.39 is 29.8 Å². The van der Waals surface area contributed by atoms with Gasteiger partial charge < -0.3 is 19.6 Å². The first-order valence-electron chi connectivity index (χ1n) is 10.7. The molecule has 0 spiro atoms. The second-order valence-corrected chi connectivity index (χ2v) is 8.56. The minimum atomic E-state index is -1.32. The first-order chi connectivity index (χ1) is 15.2. The lowest BCUT2D eigenvalue weighted by Crippen LogP contribution is -2.45. The highest BCUT2D eigenvalue weighted by molar-refractivity contribution is 6.30. The van der Waals surface area contributed by atoms with Crippen molar-refractivity contribution in [3.05, 3.63) is 58.4 Å². The van der Waals surface area contributed by atoms with Crippen molar-refractivity contribution < 1.29 is 23.8 Å². The Bertz CT molecular complexity index is 1010. The molecule has 1 heterocycles. The lowest BCUT2D eigenvalue weighted by Gasteiger charge is -2.30. The third kappa shape index (κ3) is 4.67. The van der Waals surface area contributed by atoms with Crippen molar-refractivity contribution in [2.75, 3.05) is 18.0 Å². The molecule has 172 valence electrons. The van der Waals surface area contributed by atoms with Crippen LogP contribution in [0.15, 0.2) is 36.4 Å². The summed E-state index contributed by atoms with van der Waals surface area (Å²) in [7, 11) is 0. The molecule has 0 bridgehead atoms. The number of aliphatic carboxylic acids is 1. The van der Waals surface area contributed by atoms with Crippen LogP contribution in [0.1, 0.15) is 44.9 Å². The minimum Gasteiger partial charge on any atom is -0.480 e. The number of rotatable bonds is 7. The van der Waals surface area contributed by atoms with Crippen molar-refractivity contribution in [1.29, 1.82) is 0 Å². The van der Waals surface area contributed by atoms with Gasteiger partial charge in [0.05, 0.1) is 0 Å². The van der Waals surface area contributed by atoms with Crippen LogP contribution in [0, 0.1) is 11.7 Å². The Hall–Kier alpha value is -2.80. The smallest absolute Gasteiger partial charge is 0.331 e. The maximum atomic E-state index is 14.5. The number of hydrogen-bond donors (Lipinski definition) is 1. The maximum absolute atomic E-state index is 14.5. The summed E-state index contributed by atoms with van der Waals surface area (Å²) in [6.07, 6.45) is -0.902. The molecule has 0 aliphatic carbocycles. The molecule has 3 rings (SSSR count). The van der Waals surface area contributed by atoms with Gasteiger partial charge >= 0.3 is 5.97 Å². The Morgan fingerprint density at radius 3 is 2.47 bits per heavy atom. The highest BCUT2D eigenvalue weighted by Gasteiger charge is 2.42. The fourth-order valence-corrected chi connectivity index (χ4v) is 4.13. The molecule has 2 aromatic carbocycles. The van der Waals surface area contributed by atoms with E-state index in [0.717, 1.165) is 24.8 Å². The van der Waals surface area contributed by atoms with Crippen LogP contribution in [-0.4, -0.2) is 41.1 Å². The molecule has 2 unspecified atom stereocenters. The summed E-state index contributed by atoms with van der Waals surface area (Å²) >= 11 is 5.85. The molecule has 32 heavy (non-hydrogen) atoms. The number of carboxylic acid groups (broad SMARTS) is 1. The van der Waals surface area contributed by atoms with Crippen molar-refractivity contribution in [2.24, 2.45) is 5.92 Å². The first kappa shape index (κ1) is 23.9. The normalized spacial score (nSPS) is 18.2. The van der Waals surface area contributed by atoms with E-state index in [1.807, 2.05) is 33.8 Å². The van der Waals surface area contributed by atoms with Crippen LogP contribution in [0.25, 0.3) is 0 Å². The van der Waals surface area contributed by atoms with Gasteiger partial charge in [-0.15, -0.1) is 0 Å². The molecule has 2 atom stereocenters. The number of carbonyl (C=O) groups excluding carboxylic acids is 1. The lowest BCUT2D eigenvalue weighted by atomic mass is 10.0. The second-order valence-electron chi connectivity index (χ2n) is 8.12. The van der Waals surface area contributed by atoms with E-state index in [2.05, 4.69) is 4.90 Å². The number of halogens is 2. The fourth-order valence-electron chi connectivity index (χ4n) is 3.97. The number of ether oxygens (including phenoxy) is 1. The Morgan fingerprint density at radius 2 is 1.91 bits per heavy atom. The summed E-state index contributed by atoms with van der Waals surface area (Å²) < 4.78 is 20.6. The van der Waals surface area contributed by atoms with E-state index in [4.69, 9.17) is 16.3 Å². The number of fused-ring (bicyclic) bond motifs is 1. The summed E-state index contributed by atoms with van der Waals surface area (Å²) in [5, 5.41) is 10.3. The van der Waals surface area contributed by atoms with Gasteiger partial charge in [-0.1, -0.05) is 37.6 Å². The molecule has 0 fully saturated rings. The van der Waals surface area contributed by atoms with Crippen molar-refractivity contribution in [3.63, 3.8) is 0 Å². The van der Waals surface area contributed by atoms with E-state index in [-0.39, 0.29) is 23.0 Å².